The van der Waals surface area contributed by atoms with Gasteiger partial charge in [-0.25, -0.2) is 0 Å². The molecule has 0 unspecified atom stereocenters. The van der Waals surface area contributed by atoms with Crippen LogP contribution in [0.15, 0.2) is 22.7 Å². The van der Waals surface area contributed by atoms with Gasteiger partial charge in [0, 0.05) is 4.47 Å². The van der Waals surface area contributed by atoms with Crippen molar-refractivity contribution >= 4 is 27.5 Å². The van der Waals surface area contributed by atoms with Gasteiger partial charge in [-0.1, -0.05) is 15.9 Å². The van der Waals surface area contributed by atoms with Gasteiger partial charge in [0.15, 0.2) is 0 Å². The summed E-state index contributed by atoms with van der Waals surface area (Å²) in [5.41, 5.74) is 5.75. The number of halogens is 1. The molecule has 0 radical (unpaired) electrons. The number of primary amides is 1. The molecule has 0 aliphatic carbocycles. The summed E-state index contributed by atoms with van der Waals surface area (Å²) in [6.07, 6.45) is 0. The zero-order valence-electron chi connectivity index (χ0n) is 7.71. The van der Waals surface area contributed by atoms with Crippen molar-refractivity contribution in [3.63, 3.8) is 0 Å². The summed E-state index contributed by atoms with van der Waals surface area (Å²) in [5, 5.41) is 2.87. The van der Waals surface area contributed by atoms with Crippen LogP contribution in [0.3, 0.4) is 0 Å². The Morgan fingerprint density at radius 1 is 1.64 bits per heavy atom. The van der Waals surface area contributed by atoms with Crippen molar-refractivity contribution in [1.82, 2.24) is 0 Å². The number of methoxy groups -OCH3 is 1. The summed E-state index contributed by atoms with van der Waals surface area (Å²) >= 11 is 3.32. The first-order valence-electron chi connectivity index (χ1n) is 3.99. The third-order valence-corrected chi connectivity index (χ3v) is 2.11. The quantitative estimate of drug-likeness (QED) is 0.857. The number of carbonyl (C=O) groups excluding carboxylic acids is 1. The van der Waals surface area contributed by atoms with Gasteiger partial charge in [0.25, 0.3) is 0 Å². The number of amides is 1. The van der Waals surface area contributed by atoms with Crippen molar-refractivity contribution in [2.24, 2.45) is 5.73 Å². The van der Waals surface area contributed by atoms with Crippen LogP contribution in [-0.4, -0.2) is 19.6 Å². The Bertz CT molecular complexity index is 342. The highest BCUT2D eigenvalue weighted by atomic mass is 79.9. The van der Waals surface area contributed by atoms with Gasteiger partial charge in [0.1, 0.15) is 5.75 Å². The number of hydrogen-bond donors (Lipinski definition) is 2. The van der Waals surface area contributed by atoms with E-state index in [9.17, 15) is 4.79 Å². The highest BCUT2D eigenvalue weighted by Crippen LogP contribution is 2.27. The maximum Gasteiger partial charge on any atom is 0.236 e. The number of anilines is 1. The van der Waals surface area contributed by atoms with Crippen LogP contribution in [0.4, 0.5) is 5.69 Å². The lowest BCUT2D eigenvalue weighted by Gasteiger charge is -2.09. The average Bonchev–Trinajstić information content (AvgIpc) is 2.15. The standard InChI is InChI=1S/C9H11BrN2O2/c1-14-8-3-2-6(10)4-7(8)12-5-9(11)13/h2-4,12H,5H2,1H3,(H2,11,13). The van der Waals surface area contributed by atoms with Crippen LogP contribution in [-0.2, 0) is 4.79 Å². The molecule has 0 heterocycles. The molecule has 14 heavy (non-hydrogen) atoms. The number of carbonyl (C=O) groups is 1. The van der Waals surface area contributed by atoms with Crippen molar-refractivity contribution < 1.29 is 9.53 Å². The Morgan fingerprint density at radius 3 is 2.93 bits per heavy atom. The predicted molar refractivity (Wildman–Crippen MR) is 58.4 cm³/mol. The van der Waals surface area contributed by atoms with Gasteiger partial charge in [-0.2, -0.15) is 0 Å². The molecule has 1 amide bonds. The third-order valence-electron chi connectivity index (χ3n) is 1.61. The third kappa shape index (κ3) is 2.92. The van der Waals surface area contributed by atoms with E-state index in [1.807, 2.05) is 12.1 Å². The first-order chi connectivity index (χ1) is 6.63. The summed E-state index contributed by atoms with van der Waals surface area (Å²) < 4.78 is 6.00. The molecule has 1 aromatic carbocycles. The molecule has 0 bridgehead atoms. The molecule has 0 aliphatic rings. The highest BCUT2D eigenvalue weighted by molar-refractivity contribution is 9.10. The first-order valence-corrected chi connectivity index (χ1v) is 4.78. The Morgan fingerprint density at radius 2 is 2.36 bits per heavy atom. The zero-order valence-corrected chi connectivity index (χ0v) is 9.30. The smallest absolute Gasteiger partial charge is 0.236 e. The van der Waals surface area contributed by atoms with E-state index >= 15 is 0 Å². The number of benzene rings is 1. The van der Waals surface area contributed by atoms with Crippen LogP contribution in [0.5, 0.6) is 5.75 Å². The number of hydrogen-bond acceptors (Lipinski definition) is 3. The maximum atomic E-state index is 10.6. The molecule has 0 fully saturated rings. The molecule has 0 saturated heterocycles. The number of nitrogens with one attached hydrogen (secondary N) is 1. The Hall–Kier alpha value is -1.23. The van der Waals surface area contributed by atoms with Crippen molar-refractivity contribution in [1.29, 1.82) is 0 Å². The van der Waals surface area contributed by atoms with Crippen molar-refractivity contribution in [2.75, 3.05) is 19.0 Å². The van der Waals surface area contributed by atoms with Crippen LogP contribution in [0, 0.1) is 0 Å². The van der Waals surface area contributed by atoms with E-state index in [2.05, 4.69) is 21.2 Å². The highest BCUT2D eigenvalue weighted by Gasteiger charge is 2.03. The fourth-order valence-corrected chi connectivity index (χ4v) is 1.36. The Kier molecular flexibility index (Phi) is 3.76. The molecule has 76 valence electrons. The normalized spacial score (nSPS) is 9.57. The number of ether oxygens (including phenoxy) is 1. The van der Waals surface area contributed by atoms with E-state index < -0.39 is 5.91 Å². The number of rotatable bonds is 4. The second-order valence-corrected chi connectivity index (χ2v) is 3.58. The van der Waals surface area contributed by atoms with Gasteiger partial charge >= 0.3 is 0 Å². The fourth-order valence-electron chi connectivity index (χ4n) is 1.00. The lowest BCUT2D eigenvalue weighted by Crippen LogP contribution is -2.22. The summed E-state index contributed by atoms with van der Waals surface area (Å²) in [5.74, 6) is 0.265. The molecule has 4 nitrogen and oxygen atoms in total. The second kappa shape index (κ2) is 4.85. The maximum absolute atomic E-state index is 10.6. The van der Waals surface area contributed by atoms with Crippen molar-refractivity contribution in [3.05, 3.63) is 22.7 Å². The van der Waals surface area contributed by atoms with Crippen LogP contribution < -0.4 is 15.8 Å². The van der Waals surface area contributed by atoms with Crippen LogP contribution in [0.2, 0.25) is 0 Å². The minimum Gasteiger partial charge on any atom is -0.495 e. The first kappa shape index (κ1) is 10.8. The summed E-state index contributed by atoms with van der Waals surface area (Å²) in [7, 11) is 1.57. The van der Waals surface area contributed by atoms with Gasteiger partial charge in [-0.15, -0.1) is 0 Å². The molecule has 0 aromatic heterocycles. The molecule has 0 spiro atoms. The molecule has 3 N–H and O–H groups in total. The molecule has 0 saturated carbocycles. The Labute approximate surface area is 90.6 Å². The lowest BCUT2D eigenvalue weighted by atomic mass is 10.3. The summed E-state index contributed by atoms with van der Waals surface area (Å²) in [4.78, 5) is 10.6. The minimum absolute atomic E-state index is 0.0901. The van der Waals surface area contributed by atoms with E-state index in [1.165, 1.54) is 0 Å². The van der Waals surface area contributed by atoms with Crippen LogP contribution in [0.25, 0.3) is 0 Å². The van der Waals surface area contributed by atoms with Crippen molar-refractivity contribution in [3.8, 4) is 5.75 Å². The summed E-state index contributed by atoms with van der Waals surface area (Å²) in [6.45, 7) is 0.0901. The van der Waals surface area contributed by atoms with Gasteiger partial charge in [-0.3, -0.25) is 4.79 Å². The SMILES string of the molecule is COc1ccc(Br)cc1NCC(N)=O. The zero-order chi connectivity index (χ0) is 10.6. The van der Waals surface area contributed by atoms with Gasteiger partial charge in [0.05, 0.1) is 19.3 Å². The monoisotopic (exact) mass is 258 g/mol. The van der Waals surface area contributed by atoms with E-state index in [-0.39, 0.29) is 6.54 Å². The van der Waals surface area contributed by atoms with E-state index in [1.54, 1.807) is 13.2 Å². The largest absolute Gasteiger partial charge is 0.495 e. The molecular weight excluding hydrogens is 248 g/mol. The Balaban J connectivity index is 2.82. The van der Waals surface area contributed by atoms with Crippen molar-refractivity contribution in [2.45, 2.75) is 0 Å². The van der Waals surface area contributed by atoms with Gasteiger partial charge in [0.2, 0.25) is 5.91 Å². The summed E-state index contributed by atoms with van der Waals surface area (Å²) in [6, 6.07) is 5.48. The molecule has 1 rings (SSSR count). The van der Waals surface area contributed by atoms with E-state index in [0.717, 1.165) is 10.2 Å². The molecule has 0 atom stereocenters. The van der Waals surface area contributed by atoms with Gasteiger partial charge < -0.3 is 15.8 Å². The molecular formula is C9H11BrN2O2. The molecule has 5 heteroatoms. The minimum atomic E-state index is -0.410. The van der Waals surface area contributed by atoms with Crippen LogP contribution >= 0.6 is 15.9 Å². The van der Waals surface area contributed by atoms with Gasteiger partial charge in [-0.05, 0) is 18.2 Å². The molecule has 0 aliphatic heterocycles. The predicted octanol–water partition coefficient (Wildman–Crippen LogP) is 1.35. The van der Waals surface area contributed by atoms with Crippen LogP contribution in [0.1, 0.15) is 0 Å². The van der Waals surface area contributed by atoms with E-state index in [4.69, 9.17) is 10.5 Å². The topological polar surface area (TPSA) is 64.3 Å². The molecule has 1 aromatic rings. The lowest BCUT2D eigenvalue weighted by molar-refractivity contribution is -0.116. The van der Waals surface area contributed by atoms with E-state index in [0.29, 0.717) is 5.75 Å². The second-order valence-electron chi connectivity index (χ2n) is 2.66. The average molecular weight is 259 g/mol. The fraction of sp³-hybridized carbons (Fsp3) is 0.222. The number of nitrogens with two attached hydrogens (primary N) is 1.